The maximum Gasteiger partial charge on any atom is 0.156 e. The molecule has 0 saturated heterocycles. The summed E-state index contributed by atoms with van der Waals surface area (Å²) in [6.45, 7) is 6.91. The summed E-state index contributed by atoms with van der Waals surface area (Å²) < 4.78 is 6.54. The number of nitrogen functional groups attached to an aromatic ring is 1. The molecule has 2 N–H and O–H groups in total. The van der Waals surface area contributed by atoms with Crippen molar-refractivity contribution in [3.63, 3.8) is 0 Å². The van der Waals surface area contributed by atoms with Crippen LogP contribution in [0.1, 0.15) is 19.4 Å². The van der Waals surface area contributed by atoms with Crippen molar-refractivity contribution in [3.8, 4) is 5.75 Å². The molecule has 0 spiro atoms. The molecule has 0 aliphatic rings. The molecule has 0 aliphatic carbocycles. The molecular formula is C11H16BrNO. The summed E-state index contributed by atoms with van der Waals surface area (Å²) in [7, 11) is 0. The molecule has 0 saturated carbocycles. The van der Waals surface area contributed by atoms with Crippen LogP contribution in [0.3, 0.4) is 0 Å². The SMILES string of the molecule is Cc1cc(N)c(OCC(C)C)c(Br)c1. The molecule has 1 rings (SSSR count). The lowest BCUT2D eigenvalue weighted by Crippen LogP contribution is -2.06. The van der Waals surface area contributed by atoms with E-state index in [9.17, 15) is 0 Å². The Morgan fingerprint density at radius 2 is 2.07 bits per heavy atom. The highest BCUT2D eigenvalue weighted by Gasteiger charge is 2.07. The van der Waals surface area contributed by atoms with E-state index in [0.29, 0.717) is 18.2 Å². The fourth-order valence-corrected chi connectivity index (χ4v) is 1.86. The van der Waals surface area contributed by atoms with Crippen LogP contribution in [0.5, 0.6) is 5.75 Å². The summed E-state index contributed by atoms with van der Waals surface area (Å²) in [5.41, 5.74) is 7.68. The lowest BCUT2D eigenvalue weighted by Gasteiger charge is -2.13. The number of hydrogen-bond acceptors (Lipinski definition) is 2. The maximum absolute atomic E-state index is 5.85. The van der Waals surface area contributed by atoms with Crippen LogP contribution >= 0.6 is 15.9 Å². The third-order valence-corrected chi connectivity index (χ3v) is 2.37. The molecule has 14 heavy (non-hydrogen) atoms. The van der Waals surface area contributed by atoms with Gasteiger partial charge in [-0.25, -0.2) is 0 Å². The quantitative estimate of drug-likeness (QED) is 0.843. The molecule has 0 aliphatic heterocycles. The predicted molar refractivity (Wildman–Crippen MR) is 63.6 cm³/mol. The lowest BCUT2D eigenvalue weighted by molar-refractivity contribution is 0.271. The molecule has 0 heterocycles. The zero-order valence-corrected chi connectivity index (χ0v) is 10.4. The number of benzene rings is 1. The molecule has 0 aromatic heterocycles. The first-order valence-corrected chi connectivity index (χ1v) is 5.48. The summed E-state index contributed by atoms with van der Waals surface area (Å²) in [5, 5.41) is 0. The Morgan fingerprint density at radius 1 is 1.43 bits per heavy atom. The fourth-order valence-electron chi connectivity index (χ4n) is 1.16. The lowest BCUT2D eigenvalue weighted by atomic mass is 10.2. The van der Waals surface area contributed by atoms with E-state index in [0.717, 1.165) is 15.8 Å². The van der Waals surface area contributed by atoms with Crippen LogP contribution < -0.4 is 10.5 Å². The average molecular weight is 258 g/mol. The Hall–Kier alpha value is -0.700. The normalized spacial score (nSPS) is 10.6. The topological polar surface area (TPSA) is 35.2 Å². The second-order valence-corrected chi connectivity index (χ2v) is 4.72. The Morgan fingerprint density at radius 3 is 2.57 bits per heavy atom. The summed E-state index contributed by atoms with van der Waals surface area (Å²) in [5.74, 6) is 1.26. The van der Waals surface area contributed by atoms with E-state index in [4.69, 9.17) is 10.5 Å². The van der Waals surface area contributed by atoms with E-state index < -0.39 is 0 Å². The van der Waals surface area contributed by atoms with Crippen LogP contribution in [0.15, 0.2) is 16.6 Å². The van der Waals surface area contributed by atoms with Crippen molar-refractivity contribution in [3.05, 3.63) is 22.2 Å². The molecule has 78 valence electrons. The first kappa shape index (κ1) is 11.4. The number of rotatable bonds is 3. The molecular weight excluding hydrogens is 242 g/mol. The standard InChI is InChI=1S/C11H16BrNO/c1-7(2)6-14-11-9(12)4-8(3)5-10(11)13/h4-5,7H,6,13H2,1-3H3. The second-order valence-electron chi connectivity index (χ2n) is 3.87. The number of ether oxygens (including phenoxy) is 1. The van der Waals surface area contributed by atoms with Gasteiger partial charge >= 0.3 is 0 Å². The van der Waals surface area contributed by atoms with Gasteiger partial charge in [0.2, 0.25) is 0 Å². The number of anilines is 1. The molecule has 0 amide bonds. The van der Waals surface area contributed by atoms with Gasteiger partial charge in [-0.05, 0) is 46.5 Å². The smallest absolute Gasteiger partial charge is 0.156 e. The molecule has 1 aromatic rings. The van der Waals surface area contributed by atoms with Crippen molar-refractivity contribution >= 4 is 21.6 Å². The molecule has 0 radical (unpaired) electrons. The summed E-state index contributed by atoms with van der Waals surface area (Å²) in [4.78, 5) is 0. The first-order chi connectivity index (χ1) is 6.50. The van der Waals surface area contributed by atoms with Gasteiger partial charge in [0.25, 0.3) is 0 Å². The molecule has 0 fully saturated rings. The van der Waals surface area contributed by atoms with Crippen LogP contribution in [-0.4, -0.2) is 6.61 Å². The Balaban J connectivity index is 2.86. The largest absolute Gasteiger partial charge is 0.490 e. The summed E-state index contributed by atoms with van der Waals surface area (Å²) in [6, 6.07) is 3.92. The van der Waals surface area contributed by atoms with Crippen LogP contribution in [-0.2, 0) is 0 Å². The van der Waals surface area contributed by atoms with Crippen molar-refractivity contribution in [2.45, 2.75) is 20.8 Å². The van der Waals surface area contributed by atoms with Gasteiger partial charge in [0.05, 0.1) is 16.8 Å². The van der Waals surface area contributed by atoms with Crippen LogP contribution in [0.25, 0.3) is 0 Å². The molecule has 1 aromatic carbocycles. The van der Waals surface area contributed by atoms with Gasteiger partial charge in [-0.15, -0.1) is 0 Å². The van der Waals surface area contributed by atoms with Crippen LogP contribution in [0, 0.1) is 12.8 Å². The second kappa shape index (κ2) is 4.69. The van der Waals surface area contributed by atoms with Gasteiger partial charge in [0.15, 0.2) is 5.75 Å². The van der Waals surface area contributed by atoms with Crippen LogP contribution in [0.2, 0.25) is 0 Å². The minimum atomic E-state index is 0.502. The van der Waals surface area contributed by atoms with Gasteiger partial charge in [-0.3, -0.25) is 0 Å². The molecule has 3 heteroatoms. The van der Waals surface area contributed by atoms with E-state index >= 15 is 0 Å². The van der Waals surface area contributed by atoms with Gasteiger partial charge < -0.3 is 10.5 Å². The monoisotopic (exact) mass is 257 g/mol. The van der Waals surface area contributed by atoms with Crippen molar-refractivity contribution in [2.24, 2.45) is 5.92 Å². The van der Waals surface area contributed by atoms with Crippen LogP contribution in [0.4, 0.5) is 5.69 Å². The maximum atomic E-state index is 5.85. The van der Waals surface area contributed by atoms with Gasteiger partial charge in [-0.2, -0.15) is 0 Å². The molecule has 0 unspecified atom stereocenters. The van der Waals surface area contributed by atoms with E-state index in [1.54, 1.807) is 0 Å². The number of nitrogens with two attached hydrogens (primary N) is 1. The van der Waals surface area contributed by atoms with Gasteiger partial charge in [0.1, 0.15) is 0 Å². The third-order valence-electron chi connectivity index (χ3n) is 1.78. The minimum absolute atomic E-state index is 0.502. The molecule has 0 atom stereocenters. The Kier molecular flexibility index (Phi) is 3.81. The first-order valence-electron chi connectivity index (χ1n) is 4.69. The van der Waals surface area contributed by atoms with Crippen molar-refractivity contribution in [2.75, 3.05) is 12.3 Å². The highest BCUT2D eigenvalue weighted by atomic mass is 79.9. The minimum Gasteiger partial charge on any atom is -0.490 e. The van der Waals surface area contributed by atoms with Gasteiger partial charge in [0, 0.05) is 0 Å². The third kappa shape index (κ3) is 2.91. The zero-order chi connectivity index (χ0) is 10.7. The van der Waals surface area contributed by atoms with E-state index in [1.165, 1.54) is 0 Å². The molecule has 0 bridgehead atoms. The number of hydrogen-bond donors (Lipinski definition) is 1. The van der Waals surface area contributed by atoms with Gasteiger partial charge in [-0.1, -0.05) is 13.8 Å². The molecule has 2 nitrogen and oxygen atoms in total. The highest BCUT2D eigenvalue weighted by molar-refractivity contribution is 9.10. The summed E-state index contributed by atoms with van der Waals surface area (Å²) >= 11 is 3.44. The van der Waals surface area contributed by atoms with Crippen molar-refractivity contribution in [1.82, 2.24) is 0 Å². The fraction of sp³-hybridized carbons (Fsp3) is 0.455. The van der Waals surface area contributed by atoms with Crippen molar-refractivity contribution in [1.29, 1.82) is 0 Å². The predicted octanol–water partition coefficient (Wildman–Crippen LogP) is 3.37. The van der Waals surface area contributed by atoms with E-state index in [-0.39, 0.29) is 0 Å². The average Bonchev–Trinajstić information content (AvgIpc) is 2.01. The van der Waals surface area contributed by atoms with E-state index in [1.807, 2.05) is 19.1 Å². The Labute approximate surface area is 93.6 Å². The highest BCUT2D eigenvalue weighted by Crippen LogP contribution is 2.32. The van der Waals surface area contributed by atoms with E-state index in [2.05, 4.69) is 29.8 Å². The Bertz CT molecular complexity index is 300. The zero-order valence-electron chi connectivity index (χ0n) is 8.80. The summed E-state index contributed by atoms with van der Waals surface area (Å²) in [6.07, 6.45) is 0. The van der Waals surface area contributed by atoms with Crippen molar-refractivity contribution < 1.29 is 4.74 Å². The number of halogens is 1. The number of aryl methyl sites for hydroxylation is 1.